The molecule has 0 aromatic carbocycles. The lowest BCUT2D eigenvalue weighted by Gasteiger charge is -2.39. The molecule has 2 heteroatoms. The van der Waals surface area contributed by atoms with Gasteiger partial charge in [0.15, 0.2) is 0 Å². The molecule has 0 bridgehead atoms. The normalized spacial score (nSPS) is 31.2. The van der Waals surface area contributed by atoms with Crippen molar-refractivity contribution in [3.63, 3.8) is 0 Å². The zero-order chi connectivity index (χ0) is 15.1. The minimum absolute atomic E-state index is 0.628. The second kappa shape index (κ2) is 9.04. The van der Waals surface area contributed by atoms with Gasteiger partial charge in [0.2, 0.25) is 0 Å². The highest BCUT2D eigenvalue weighted by Gasteiger charge is 2.34. The summed E-state index contributed by atoms with van der Waals surface area (Å²) in [6.45, 7) is 17.3. The monoisotopic (exact) mass is 284 g/mol. The Bertz CT molecular complexity index is 250. The molecule has 0 amide bonds. The summed E-state index contributed by atoms with van der Waals surface area (Å²) in [5.41, 5.74) is 0. The van der Waals surface area contributed by atoms with Crippen LogP contribution in [0.2, 0.25) is 0 Å². The average molecular weight is 284 g/mol. The lowest BCUT2D eigenvalue weighted by atomic mass is 9.69. The summed E-state index contributed by atoms with van der Waals surface area (Å²) in [6, 6.07) is 0. The molecule has 1 aliphatic rings. The number of hydrogen-bond donors (Lipinski definition) is 0. The van der Waals surface area contributed by atoms with Gasteiger partial charge in [-0.05, 0) is 48.3 Å². The van der Waals surface area contributed by atoms with Crippen molar-refractivity contribution in [2.45, 2.75) is 54.4 Å². The van der Waals surface area contributed by atoms with Crippen molar-refractivity contribution in [1.29, 1.82) is 0 Å². The van der Waals surface area contributed by atoms with Gasteiger partial charge in [-0.3, -0.25) is 0 Å². The van der Waals surface area contributed by atoms with Gasteiger partial charge in [0, 0.05) is 26.4 Å². The van der Waals surface area contributed by atoms with Crippen molar-refractivity contribution >= 4 is 0 Å². The standard InChI is InChI=1S/C18H36O2/c1-13(2)9-19-11-17-8-15(5)7-16(6)18(17)12-20-10-14(3)4/h13-18H,7-12H2,1-6H3. The van der Waals surface area contributed by atoms with E-state index in [0.717, 1.165) is 38.3 Å². The molecular formula is C18H36O2. The molecule has 0 aliphatic heterocycles. The van der Waals surface area contributed by atoms with Gasteiger partial charge in [0.1, 0.15) is 0 Å². The molecular weight excluding hydrogens is 248 g/mol. The van der Waals surface area contributed by atoms with Crippen LogP contribution in [0.1, 0.15) is 54.4 Å². The molecule has 1 fully saturated rings. The van der Waals surface area contributed by atoms with Crippen molar-refractivity contribution in [3.8, 4) is 0 Å². The highest BCUT2D eigenvalue weighted by molar-refractivity contribution is 4.83. The van der Waals surface area contributed by atoms with E-state index >= 15 is 0 Å². The van der Waals surface area contributed by atoms with E-state index in [1.165, 1.54) is 12.8 Å². The molecule has 1 rings (SSSR count). The highest BCUT2D eigenvalue weighted by atomic mass is 16.5. The first-order valence-electron chi connectivity index (χ1n) is 8.55. The zero-order valence-electron chi connectivity index (χ0n) is 14.5. The fourth-order valence-corrected chi connectivity index (χ4v) is 3.45. The van der Waals surface area contributed by atoms with Crippen molar-refractivity contribution in [3.05, 3.63) is 0 Å². The van der Waals surface area contributed by atoms with E-state index in [1.807, 2.05) is 0 Å². The van der Waals surface area contributed by atoms with Gasteiger partial charge in [-0.25, -0.2) is 0 Å². The van der Waals surface area contributed by atoms with Gasteiger partial charge in [-0.2, -0.15) is 0 Å². The van der Waals surface area contributed by atoms with E-state index in [9.17, 15) is 0 Å². The van der Waals surface area contributed by atoms with Crippen LogP contribution in [0.5, 0.6) is 0 Å². The van der Waals surface area contributed by atoms with Crippen LogP contribution in [-0.2, 0) is 9.47 Å². The molecule has 0 heterocycles. The molecule has 0 N–H and O–H groups in total. The van der Waals surface area contributed by atoms with Crippen molar-refractivity contribution in [2.24, 2.45) is 35.5 Å². The third-order valence-corrected chi connectivity index (χ3v) is 4.36. The average Bonchev–Trinajstić information content (AvgIpc) is 2.31. The molecule has 0 radical (unpaired) electrons. The van der Waals surface area contributed by atoms with Crippen molar-refractivity contribution < 1.29 is 9.47 Å². The Morgan fingerprint density at radius 3 is 1.95 bits per heavy atom. The maximum Gasteiger partial charge on any atom is 0.0500 e. The molecule has 20 heavy (non-hydrogen) atoms. The molecule has 2 nitrogen and oxygen atoms in total. The predicted molar refractivity (Wildman–Crippen MR) is 85.9 cm³/mol. The van der Waals surface area contributed by atoms with E-state index in [4.69, 9.17) is 9.47 Å². The van der Waals surface area contributed by atoms with Crippen LogP contribution in [0, 0.1) is 35.5 Å². The summed E-state index contributed by atoms with van der Waals surface area (Å²) in [5, 5.41) is 0. The molecule has 120 valence electrons. The quantitative estimate of drug-likeness (QED) is 0.647. The molecule has 4 unspecified atom stereocenters. The first kappa shape index (κ1) is 18.0. The number of hydrogen-bond acceptors (Lipinski definition) is 2. The Hall–Kier alpha value is -0.0800. The van der Waals surface area contributed by atoms with Gasteiger partial charge in [-0.15, -0.1) is 0 Å². The summed E-state index contributed by atoms with van der Waals surface area (Å²) < 4.78 is 11.9. The highest BCUT2D eigenvalue weighted by Crippen LogP contribution is 2.38. The Morgan fingerprint density at radius 2 is 1.40 bits per heavy atom. The summed E-state index contributed by atoms with van der Waals surface area (Å²) >= 11 is 0. The van der Waals surface area contributed by atoms with Crippen LogP contribution in [0.3, 0.4) is 0 Å². The second-order valence-electron chi connectivity index (χ2n) is 7.84. The molecule has 1 aliphatic carbocycles. The van der Waals surface area contributed by atoms with E-state index in [1.54, 1.807) is 0 Å². The fourth-order valence-electron chi connectivity index (χ4n) is 3.45. The molecule has 0 aromatic rings. The molecule has 0 spiro atoms. The molecule has 4 atom stereocenters. The Kier molecular flexibility index (Phi) is 8.13. The van der Waals surface area contributed by atoms with Crippen LogP contribution in [0.4, 0.5) is 0 Å². The Labute approximate surface area is 126 Å². The molecule has 1 saturated carbocycles. The van der Waals surface area contributed by atoms with Gasteiger partial charge in [0.25, 0.3) is 0 Å². The first-order chi connectivity index (χ1) is 9.40. The summed E-state index contributed by atoms with van der Waals surface area (Å²) in [7, 11) is 0. The minimum atomic E-state index is 0.628. The van der Waals surface area contributed by atoms with Crippen molar-refractivity contribution in [1.82, 2.24) is 0 Å². The Balaban J connectivity index is 2.45. The van der Waals surface area contributed by atoms with E-state index in [0.29, 0.717) is 23.7 Å². The first-order valence-corrected chi connectivity index (χ1v) is 8.55. The van der Waals surface area contributed by atoms with E-state index in [2.05, 4.69) is 41.5 Å². The second-order valence-corrected chi connectivity index (χ2v) is 7.84. The SMILES string of the molecule is CC(C)COCC1CC(C)CC(C)C1COCC(C)C. The lowest BCUT2D eigenvalue weighted by Crippen LogP contribution is -2.36. The maximum absolute atomic E-state index is 5.94. The van der Waals surface area contributed by atoms with Crippen molar-refractivity contribution in [2.75, 3.05) is 26.4 Å². The largest absolute Gasteiger partial charge is 0.381 e. The minimum Gasteiger partial charge on any atom is -0.381 e. The van der Waals surface area contributed by atoms with Gasteiger partial charge >= 0.3 is 0 Å². The lowest BCUT2D eigenvalue weighted by molar-refractivity contribution is -0.0278. The summed E-state index contributed by atoms with van der Waals surface area (Å²) in [6.07, 6.45) is 2.65. The number of ether oxygens (including phenoxy) is 2. The predicted octanol–water partition coefficient (Wildman–Crippen LogP) is 4.63. The zero-order valence-corrected chi connectivity index (χ0v) is 14.5. The maximum atomic E-state index is 5.94. The van der Waals surface area contributed by atoms with Crippen LogP contribution in [0.25, 0.3) is 0 Å². The Morgan fingerprint density at radius 1 is 0.850 bits per heavy atom. The summed E-state index contributed by atoms with van der Waals surface area (Å²) in [4.78, 5) is 0. The van der Waals surface area contributed by atoms with Crippen LogP contribution < -0.4 is 0 Å². The van der Waals surface area contributed by atoms with Gasteiger partial charge < -0.3 is 9.47 Å². The van der Waals surface area contributed by atoms with E-state index in [-0.39, 0.29) is 0 Å². The molecule has 0 aromatic heterocycles. The third-order valence-electron chi connectivity index (χ3n) is 4.36. The smallest absolute Gasteiger partial charge is 0.0500 e. The summed E-state index contributed by atoms with van der Waals surface area (Å²) in [5.74, 6) is 4.21. The van der Waals surface area contributed by atoms with E-state index < -0.39 is 0 Å². The third kappa shape index (κ3) is 6.58. The fraction of sp³-hybridized carbons (Fsp3) is 1.00. The van der Waals surface area contributed by atoms with Gasteiger partial charge in [0.05, 0.1) is 0 Å². The van der Waals surface area contributed by atoms with Crippen LogP contribution in [0.15, 0.2) is 0 Å². The number of rotatable bonds is 8. The van der Waals surface area contributed by atoms with Crippen LogP contribution in [-0.4, -0.2) is 26.4 Å². The topological polar surface area (TPSA) is 18.5 Å². The molecule has 0 saturated heterocycles. The van der Waals surface area contributed by atoms with Gasteiger partial charge in [-0.1, -0.05) is 41.5 Å². The van der Waals surface area contributed by atoms with Crippen LogP contribution >= 0.6 is 0 Å².